The zero-order valence-electron chi connectivity index (χ0n) is 10.4. The van der Waals surface area contributed by atoms with Crippen LogP contribution in [-0.4, -0.2) is 23.7 Å². The van der Waals surface area contributed by atoms with Gasteiger partial charge in [-0.05, 0) is 43.5 Å². The molecule has 0 aromatic heterocycles. The van der Waals surface area contributed by atoms with Crippen LogP contribution in [0.1, 0.15) is 35.2 Å². The molecule has 1 aromatic rings. The normalized spacial score (nSPS) is 23.1. The molecule has 98 valence electrons. The van der Waals surface area contributed by atoms with Crippen molar-refractivity contribution < 1.29 is 14.3 Å². The van der Waals surface area contributed by atoms with Crippen LogP contribution in [0.5, 0.6) is 0 Å². The fraction of sp³-hybridized carbons (Fsp3) is 0.500. The summed E-state index contributed by atoms with van der Waals surface area (Å²) in [6.07, 6.45) is 2.47. The smallest absolute Gasteiger partial charge is 0.251 e. The molecule has 2 N–H and O–H groups in total. The Kier molecular flexibility index (Phi) is 3.97. The molecule has 1 aliphatic rings. The number of hydrogen-bond acceptors (Lipinski definition) is 2. The highest BCUT2D eigenvalue weighted by molar-refractivity contribution is 5.95. The van der Waals surface area contributed by atoms with E-state index < -0.39 is 0 Å². The SMILES string of the molecule is Cc1cc(F)ccc1C(=O)NCC1CCCC1O. The largest absolute Gasteiger partial charge is 0.393 e. The van der Waals surface area contributed by atoms with Gasteiger partial charge in [-0.1, -0.05) is 6.42 Å². The maximum absolute atomic E-state index is 12.9. The number of aryl methyl sites for hydroxylation is 1. The summed E-state index contributed by atoms with van der Waals surface area (Å²) in [5, 5.41) is 12.5. The van der Waals surface area contributed by atoms with Crippen LogP contribution in [0.4, 0.5) is 4.39 Å². The van der Waals surface area contributed by atoms with Gasteiger partial charge in [-0.25, -0.2) is 4.39 Å². The van der Waals surface area contributed by atoms with Crippen LogP contribution in [0, 0.1) is 18.7 Å². The van der Waals surface area contributed by atoms with Crippen LogP contribution in [0.25, 0.3) is 0 Å². The maximum Gasteiger partial charge on any atom is 0.251 e. The molecular formula is C14H18FNO2. The first-order valence-corrected chi connectivity index (χ1v) is 6.30. The summed E-state index contributed by atoms with van der Waals surface area (Å²) in [6.45, 7) is 2.19. The van der Waals surface area contributed by atoms with E-state index in [1.54, 1.807) is 6.92 Å². The molecule has 0 aliphatic heterocycles. The molecule has 18 heavy (non-hydrogen) atoms. The third kappa shape index (κ3) is 2.88. The highest BCUT2D eigenvalue weighted by Crippen LogP contribution is 2.24. The van der Waals surface area contributed by atoms with Crippen molar-refractivity contribution >= 4 is 5.91 Å². The van der Waals surface area contributed by atoms with Gasteiger partial charge in [-0.15, -0.1) is 0 Å². The molecule has 2 rings (SSSR count). The predicted molar refractivity (Wildman–Crippen MR) is 66.8 cm³/mol. The van der Waals surface area contributed by atoms with Crippen molar-refractivity contribution in [1.29, 1.82) is 0 Å². The van der Waals surface area contributed by atoms with E-state index >= 15 is 0 Å². The predicted octanol–water partition coefficient (Wildman–Crippen LogP) is 2.02. The minimum atomic E-state index is -0.338. The first-order valence-electron chi connectivity index (χ1n) is 6.30. The number of aliphatic hydroxyl groups excluding tert-OH is 1. The Bertz CT molecular complexity index is 447. The fourth-order valence-corrected chi connectivity index (χ4v) is 2.46. The summed E-state index contributed by atoms with van der Waals surface area (Å²) in [5.74, 6) is -0.392. The monoisotopic (exact) mass is 251 g/mol. The van der Waals surface area contributed by atoms with Gasteiger partial charge in [-0.3, -0.25) is 4.79 Å². The van der Waals surface area contributed by atoms with Crippen molar-refractivity contribution in [1.82, 2.24) is 5.32 Å². The van der Waals surface area contributed by atoms with E-state index in [4.69, 9.17) is 0 Å². The first-order chi connectivity index (χ1) is 8.58. The van der Waals surface area contributed by atoms with Gasteiger partial charge >= 0.3 is 0 Å². The molecule has 1 saturated carbocycles. The molecule has 1 aromatic carbocycles. The second-order valence-electron chi connectivity index (χ2n) is 4.93. The van der Waals surface area contributed by atoms with Gasteiger partial charge in [0.25, 0.3) is 5.91 Å². The van der Waals surface area contributed by atoms with Crippen molar-refractivity contribution in [2.45, 2.75) is 32.3 Å². The molecule has 0 bridgehead atoms. The fourth-order valence-electron chi connectivity index (χ4n) is 2.46. The highest BCUT2D eigenvalue weighted by atomic mass is 19.1. The summed E-state index contributed by atoms with van der Waals surface area (Å²) < 4.78 is 12.9. The minimum absolute atomic E-state index is 0.148. The number of carbonyl (C=O) groups excluding carboxylic acids is 1. The average molecular weight is 251 g/mol. The lowest BCUT2D eigenvalue weighted by atomic mass is 10.0. The Morgan fingerprint density at radius 3 is 2.89 bits per heavy atom. The van der Waals surface area contributed by atoms with Gasteiger partial charge in [0.1, 0.15) is 5.82 Å². The molecule has 1 fully saturated rings. The van der Waals surface area contributed by atoms with Crippen molar-refractivity contribution in [3.63, 3.8) is 0 Å². The van der Waals surface area contributed by atoms with Crippen LogP contribution in [0.3, 0.4) is 0 Å². The van der Waals surface area contributed by atoms with Crippen LogP contribution in [-0.2, 0) is 0 Å². The molecule has 2 unspecified atom stereocenters. The highest BCUT2D eigenvalue weighted by Gasteiger charge is 2.25. The summed E-state index contributed by atoms with van der Waals surface area (Å²) in [4.78, 5) is 11.9. The molecule has 0 saturated heterocycles. The topological polar surface area (TPSA) is 49.3 Å². The summed E-state index contributed by atoms with van der Waals surface area (Å²) in [6, 6.07) is 4.12. The third-order valence-corrected chi connectivity index (χ3v) is 3.58. The summed E-state index contributed by atoms with van der Waals surface area (Å²) >= 11 is 0. The molecule has 3 nitrogen and oxygen atoms in total. The van der Waals surface area contributed by atoms with E-state index in [1.807, 2.05) is 0 Å². The lowest BCUT2D eigenvalue weighted by Gasteiger charge is -2.15. The van der Waals surface area contributed by atoms with Crippen molar-refractivity contribution in [3.8, 4) is 0 Å². The van der Waals surface area contributed by atoms with Crippen LogP contribution in [0.2, 0.25) is 0 Å². The first kappa shape index (κ1) is 13.0. The van der Waals surface area contributed by atoms with Gasteiger partial charge in [0.15, 0.2) is 0 Å². The van der Waals surface area contributed by atoms with E-state index in [0.717, 1.165) is 19.3 Å². The second-order valence-corrected chi connectivity index (χ2v) is 4.93. The van der Waals surface area contributed by atoms with E-state index in [9.17, 15) is 14.3 Å². The molecule has 0 heterocycles. The Morgan fingerprint density at radius 1 is 1.50 bits per heavy atom. The number of carbonyl (C=O) groups is 1. The minimum Gasteiger partial charge on any atom is -0.393 e. The number of hydrogen-bond donors (Lipinski definition) is 2. The maximum atomic E-state index is 12.9. The quantitative estimate of drug-likeness (QED) is 0.863. The molecule has 4 heteroatoms. The Hall–Kier alpha value is -1.42. The Balaban J connectivity index is 1.95. The number of nitrogens with one attached hydrogen (secondary N) is 1. The summed E-state index contributed by atoms with van der Waals surface area (Å²) in [7, 11) is 0. The molecule has 1 amide bonds. The number of amides is 1. The van der Waals surface area contributed by atoms with Crippen molar-refractivity contribution in [2.75, 3.05) is 6.54 Å². The zero-order valence-corrected chi connectivity index (χ0v) is 10.4. The van der Waals surface area contributed by atoms with Gasteiger partial charge in [-0.2, -0.15) is 0 Å². The average Bonchev–Trinajstić information content (AvgIpc) is 2.72. The van der Waals surface area contributed by atoms with E-state index in [-0.39, 0.29) is 23.7 Å². The number of halogens is 1. The standard InChI is InChI=1S/C14H18FNO2/c1-9-7-11(15)5-6-12(9)14(18)16-8-10-3-2-4-13(10)17/h5-7,10,13,17H,2-4,8H2,1H3,(H,16,18). The van der Waals surface area contributed by atoms with Gasteiger partial charge in [0.2, 0.25) is 0 Å². The van der Waals surface area contributed by atoms with E-state index in [1.165, 1.54) is 18.2 Å². The third-order valence-electron chi connectivity index (χ3n) is 3.58. The Morgan fingerprint density at radius 2 is 2.28 bits per heavy atom. The number of aliphatic hydroxyl groups is 1. The van der Waals surface area contributed by atoms with Crippen molar-refractivity contribution in [2.24, 2.45) is 5.92 Å². The molecular weight excluding hydrogens is 233 g/mol. The van der Waals surface area contributed by atoms with Gasteiger partial charge in [0, 0.05) is 18.0 Å². The van der Waals surface area contributed by atoms with Gasteiger partial charge < -0.3 is 10.4 Å². The van der Waals surface area contributed by atoms with Crippen LogP contribution >= 0.6 is 0 Å². The molecule has 1 aliphatic carbocycles. The zero-order chi connectivity index (χ0) is 13.1. The number of benzene rings is 1. The van der Waals surface area contributed by atoms with Gasteiger partial charge in [0.05, 0.1) is 6.10 Å². The van der Waals surface area contributed by atoms with E-state index in [2.05, 4.69) is 5.32 Å². The summed E-state index contributed by atoms with van der Waals surface area (Å²) in [5.41, 5.74) is 1.11. The second kappa shape index (κ2) is 5.48. The molecule has 0 radical (unpaired) electrons. The van der Waals surface area contributed by atoms with Crippen molar-refractivity contribution in [3.05, 3.63) is 35.1 Å². The molecule has 2 atom stereocenters. The lowest BCUT2D eigenvalue weighted by molar-refractivity contribution is 0.0916. The lowest BCUT2D eigenvalue weighted by Crippen LogP contribution is -2.32. The number of rotatable bonds is 3. The van der Waals surface area contributed by atoms with Crippen LogP contribution in [0.15, 0.2) is 18.2 Å². The molecule has 0 spiro atoms. The van der Waals surface area contributed by atoms with Crippen LogP contribution < -0.4 is 5.32 Å². The van der Waals surface area contributed by atoms with E-state index in [0.29, 0.717) is 17.7 Å². The Labute approximate surface area is 106 Å².